The first-order chi connectivity index (χ1) is 8.82. The summed E-state index contributed by atoms with van der Waals surface area (Å²) < 4.78 is 19.7. The van der Waals surface area contributed by atoms with Crippen molar-refractivity contribution in [2.75, 3.05) is 26.2 Å². The van der Waals surface area contributed by atoms with Gasteiger partial charge in [-0.05, 0) is 46.6 Å². The van der Waals surface area contributed by atoms with Gasteiger partial charge in [0.25, 0.3) is 0 Å². The average molecular weight is 272 g/mol. The monoisotopic (exact) mass is 272 g/mol. The van der Waals surface area contributed by atoms with E-state index in [1.807, 2.05) is 20.8 Å². The van der Waals surface area contributed by atoms with E-state index in [9.17, 15) is 9.18 Å². The van der Waals surface area contributed by atoms with Gasteiger partial charge in [0, 0.05) is 25.0 Å². The Labute approximate surface area is 114 Å². The molecule has 0 aromatic carbocycles. The van der Waals surface area contributed by atoms with Gasteiger partial charge in [-0.3, -0.25) is 0 Å². The van der Waals surface area contributed by atoms with E-state index < -0.39 is 11.8 Å². The Hall–Kier alpha value is -0.840. The molecule has 2 aliphatic heterocycles. The van der Waals surface area contributed by atoms with Crippen LogP contribution >= 0.6 is 0 Å². The normalized spacial score (nSPS) is 32.4. The lowest BCUT2D eigenvalue weighted by atomic mass is 9.71. The number of rotatable bonds is 0. The summed E-state index contributed by atoms with van der Waals surface area (Å²) in [6.45, 7) is 7.97. The summed E-state index contributed by atoms with van der Waals surface area (Å²) in [6.07, 6.45) is 1.35. The second kappa shape index (κ2) is 5.27. The van der Waals surface area contributed by atoms with E-state index in [1.165, 1.54) is 0 Å². The summed E-state index contributed by atoms with van der Waals surface area (Å²) >= 11 is 0. The highest BCUT2D eigenvalue weighted by molar-refractivity contribution is 5.68. The van der Waals surface area contributed by atoms with Crippen LogP contribution in [0.1, 0.15) is 40.0 Å². The molecule has 0 saturated carbocycles. The largest absolute Gasteiger partial charge is 0.444 e. The Balaban J connectivity index is 2.02. The van der Waals surface area contributed by atoms with E-state index in [1.54, 1.807) is 4.90 Å². The third-order valence-electron chi connectivity index (χ3n) is 4.05. The SMILES string of the molecule is CC(C)(C)OC(=O)N1CCCC2(CCNCC2F)C1. The molecule has 2 rings (SSSR count). The molecule has 2 aliphatic rings. The molecule has 0 bridgehead atoms. The van der Waals surface area contributed by atoms with Crippen LogP contribution in [0.25, 0.3) is 0 Å². The van der Waals surface area contributed by atoms with Crippen LogP contribution in [0.3, 0.4) is 0 Å². The molecule has 1 N–H and O–H groups in total. The number of hydrogen-bond donors (Lipinski definition) is 1. The number of nitrogens with one attached hydrogen (secondary N) is 1. The quantitative estimate of drug-likeness (QED) is 0.736. The Morgan fingerprint density at radius 3 is 2.79 bits per heavy atom. The van der Waals surface area contributed by atoms with E-state index in [0.29, 0.717) is 19.6 Å². The highest BCUT2D eigenvalue weighted by atomic mass is 19.1. The number of hydrogen-bond acceptors (Lipinski definition) is 3. The van der Waals surface area contributed by atoms with Crippen molar-refractivity contribution in [2.24, 2.45) is 5.41 Å². The first kappa shape index (κ1) is 14.6. The van der Waals surface area contributed by atoms with Gasteiger partial charge in [-0.1, -0.05) is 0 Å². The lowest BCUT2D eigenvalue weighted by Crippen LogP contribution is -2.56. The van der Waals surface area contributed by atoms with Crippen molar-refractivity contribution in [3.8, 4) is 0 Å². The summed E-state index contributed by atoms with van der Waals surface area (Å²) in [4.78, 5) is 13.8. The fraction of sp³-hybridized carbons (Fsp3) is 0.929. The molecule has 1 spiro atoms. The first-order valence-corrected chi connectivity index (χ1v) is 7.15. The number of nitrogens with zero attached hydrogens (tertiary/aromatic N) is 1. The molecule has 2 unspecified atom stereocenters. The Bertz CT molecular complexity index is 339. The minimum Gasteiger partial charge on any atom is -0.444 e. The van der Waals surface area contributed by atoms with Gasteiger partial charge in [-0.15, -0.1) is 0 Å². The topological polar surface area (TPSA) is 41.6 Å². The zero-order valence-electron chi connectivity index (χ0n) is 12.2. The predicted octanol–water partition coefficient (Wildman–Crippen LogP) is 2.34. The van der Waals surface area contributed by atoms with E-state index >= 15 is 0 Å². The number of alkyl halides is 1. The van der Waals surface area contributed by atoms with Crippen LogP contribution in [-0.4, -0.2) is 48.9 Å². The Morgan fingerprint density at radius 2 is 2.16 bits per heavy atom. The molecule has 110 valence electrons. The third kappa shape index (κ3) is 3.38. The zero-order valence-corrected chi connectivity index (χ0v) is 12.2. The van der Waals surface area contributed by atoms with Gasteiger partial charge < -0.3 is 15.0 Å². The molecule has 5 heteroatoms. The lowest BCUT2D eigenvalue weighted by molar-refractivity contribution is -0.0274. The first-order valence-electron chi connectivity index (χ1n) is 7.15. The van der Waals surface area contributed by atoms with Crippen molar-refractivity contribution in [1.82, 2.24) is 10.2 Å². The van der Waals surface area contributed by atoms with Gasteiger partial charge in [-0.25, -0.2) is 9.18 Å². The maximum atomic E-state index is 14.3. The number of carbonyl (C=O) groups excluding carboxylic acids is 1. The number of piperidine rings is 2. The molecule has 0 radical (unpaired) electrons. The van der Waals surface area contributed by atoms with Crippen LogP contribution < -0.4 is 5.32 Å². The summed E-state index contributed by atoms with van der Waals surface area (Å²) in [5, 5.41) is 3.08. The fourth-order valence-corrected chi connectivity index (χ4v) is 3.04. The molecule has 2 heterocycles. The van der Waals surface area contributed by atoms with E-state index in [-0.39, 0.29) is 11.5 Å². The Morgan fingerprint density at radius 1 is 1.42 bits per heavy atom. The lowest BCUT2D eigenvalue weighted by Gasteiger charge is -2.47. The molecule has 2 saturated heterocycles. The van der Waals surface area contributed by atoms with Gasteiger partial charge >= 0.3 is 6.09 Å². The number of halogens is 1. The van der Waals surface area contributed by atoms with Crippen molar-refractivity contribution in [2.45, 2.75) is 51.8 Å². The van der Waals surface area contributed by atoms with Crippen LogP contribution in [0, 0.1) is 5.41 Å². The number of amides is 1. The Kier molecular flexibility index (Phi) is 4.04. The summed E-state index contributed by atoms with van der Waals surface area (Å²) in [7, 11) is 0. The van der Waals surface area contributed by atoms with Crippen LogP contribution in [0.2, 0.25) is 0 Å². The van der Waals surface area contributed by atoms with Crippen molar-refractivity contribution in [3.05, 3.63) is 0 Å². The fourth-order valence-electron chi connectivity index (χ4n) is 3.04. The molecule has 0 aliphatic carbocycles. The van der Waals surface area contributed by atoms with E-state index in [0.717, 1.165) is 25.8 Å². The molecular weight excluding hydrogens is 247 g/mol. The van der Waals surface area contributed by atoms with Crippen molar-refractivity contribution in [3.63, 3.8) is 0 Å². The van der Waals surface area contributed by atoms with Crippen molar-refractivity contribution >= 4 is 6.09 Å². The molecule has 2 fully saturated rings. The number of carbonyl (C=O) groups is 1. The maximum Gasteiger partial charge on any atom is 0.410 e. The van der Waals surface area contributed by atoms with Gasteiger partial charge in [0.2, 0.25) is 0 Å². The standard InChI is InChI=1S/C14H25FN2O2/c1-13(2,3)19-12(18)17-8-4-5-14(10-17)6-7-16-9-11(14)15/h11,16H,4-10H2,1-3H3. The van der Waals surface area contributed by atoms with Crippen LogP contribution in [0.15, 0.2) is 0 Å². The second-order valence-corrected chi connectivity index (χ2v) is 6.79. The smallest absolute Gasteiger partial charge is 0.410 e. The molecule has 0 aromatic rings. The number of likely N-dealkylation sites (tertiary alicyclic amines) is 1. The van der Waals surface area contributed by atoms with Gasteiger partial charge in [0.1, 0.15) is 11.8 Å². The summed E-state index contributed by atoms with van der Waals surface area (Å²) in [5.74, 6) is 0. The van der Waals surface area contributed by atoms with E-state index in [2.05, 4.69) is 5.32 Å². The van der Waals surface area contributed by atoms with Crippen molar-refractivity contribution < 1.29 is 13.9 Å². The van der Waals surface area contributed by atoms with E-state index in [4.69, 9.17) is 4.74 Å². The van der Waals surface area contributed by atoms with Crippen molar-refractivity contribution in [1.29, 1.82) is 0 Å². The minimum atomic E-state index is -0.869. The molecule has 4 nitrogen and oxygen atoms in total. The highest BCUT2D eigenvalue weighted by Crippen LogP contribution is 2.40. The zero-order chi connectivity index (χ0) is 14.1. The number of ether oxygens (including phenoxy) is 1. The maximum absolute atomic E-state index is 14.3. The average Bonchev–Trinajstić information content (AvgIpc) is 2.31. The molecule has 19 heavy (non-hydrogen) atoms. The molecular formula is C14H25FN2O2. The third-order valence-corrected chi connectivity index (χ3v) is 4.05. The van der Waals surface area contributed by atoms with Gasteiger partial charge in [-0.2, -0.15) is 0 Å². The summed E-state index contributed by atoms with van der Waals surface area (Å²) in [5.41, 5.74) is -0.856. The predicted molar refractivity (Wildman–Crippen MR) is 71.9 cm³/mol. The molecule has 0 aromatic heterocycles. The minimum absolute atomic E-state index is 0.308. The van der Waals surface area contributed by atoms with Gasteiger partial charge in [0.05, 0.1) is 0 Å². The van der Waals surface area contributed by atoms with Crippen LogP contribution in [-0.2, 0) is 4.74 Å². The molecule has 1 amide bonds. The van der Waals surface area contributed by atoms with Gasteiger partial charge in [0.15, 0.2) is 0 Å². The second-order valence-electron chi connectivity index (χ2n) is 6.79. The highest BCUT2D eigenvalue weighted by Gasteiger charge is 2.45. The van der Waals surface area contributed by atoms with Crippen LogP contribution in [0.4, 0.5) is 9.18 Å². The summed E-state index contributed by atoms with van der Waals surface area (Å²) in [6, 6.07) is 0. The molecule has 2 atom stereocenters. The van der Waals surface area contributed by atoms with Crippen LogP contribution in [0.5, 0.6) is 0 Å².